The van der Waals surface area contributed by atoms with E-state index in [0.29, 0.717) is 6.42 Å². The maximum absolute atomic E-state index is 12.3. The molecular weight excluding hydrogens is 299 g/mol. The van der Waals surface area contributed by atoms with Crippen LogP contribution in [0, 0.1) is 0 Å². The number of halogens is 1. The Kier molecular flexibility index (Phi) is 8.36. The van der Waals surface area contributed by atoms with Gasteiger partial charge in [0.25, 0.3) is 0 Å². The van der Waals surface area contributed by atoms with Gasteiger partial charge in [-0.15, -0.1) is 12.4 Å². The van der Waals surface area contributed by atoms with Crippen LogP contribution in [0.25, 0.3) is 0 Å². The Balaban J connectivity index is 0.00000220. The SMILES string of the molecule is C[CH2][Al]([CH2]C)[N]1CCN(C(=O)Cc2ccccc2)CC1.Cl. The molecule has 0 radical (unpaired) electrons. The summed E-state index contributed by atoms with van der Waals surface area (Å²) in [6.07, 6.45) is 0.545. The lowest BCUT2D eigenvalue weighted by Gasteiger charge is -2.38. The third-order valence-corrected chi connectivity index (χ3v) is 7.76. The van der Waals surface area contributed by atoms with Gasteiger partial charge in [-0.25, -0.2) is 0 Å². The van der Waals surface area contributed by atoms with Crippen LogP contribution in [0.15, 0.2) is 30.3 Å². The van der Waals surface area contributed by atoms with E-state index in [-0.39, 0.29) is 18.3 Å². The number of hydrogen-bond donors (Lipinski definition) is 0. The predicted molar refractivity (Wildman–Crippen MR) is 92.3 cm³/mol. The van der Waals surface area contributed by atoms with Crippen molar-refractivity contribution in [2.24, 2.45) is 0 Å². The highest BCUT2D eigenvalue weighted by Gasteiger charge is 2.27. The number of rotatable bonds is 5. The van der Waals surface area contributed by atoms with Gasteiger partial charge in [0, 0.05) is 13.1 Å². The first-order valence-electron chi connectivity index (χ1n) is 7.80. The van der Waals surface area contributed by atoms with Gasteiger partial charge >= 0.3 is 14.4 Å². The van der Waals surface area contributed by atoms with E-state index in [1.807, 2.05) is 35.2 Å². The van der Waals surface area contributed by atoms with Crippen LogP contribution in [0.3, 0.4) is 0 Å². The Morgan fingerprint density at radius 2 is 1.62 bits per heavy atom. The summed E-state index contributed by atoms with van der Waals surface area (Å²) in [7, 11) is 0. The molecule has 1 saturated heterocycles. The van der Waals surface area contributed by atoms with Gasteiger partial charge in [0.2, 0.25) is 5.91 Å². The van der Waals surface area contributed by atoms with Crippen molar-refractivity contribution in [1.82, 2.24) is 8.78 Å². The van der Waals surface area contributed by atoms with Gasteiger partial charge in [0.15, 0.2) is 0 Å². The molecule has 21 heavy (non-hydrogen) atoms. The van der Waals surface area contributed by atoms with Gasteiger partial charge in [0.1, 0.15) is 0 Å². The molecule has 1 amide bonds. The van der Waals surface area contributed by atoms with Crippen molar-refractivity contribution >= 4 is 32.7 Å². The lowest BCUT2D eigenvalue weighted by Crippen LogP contribution is -2.53. The topological polar surface area (TPSA) is 23.6 Å². The zero-order valence-electron chi connectivity index (χ0n) is 13.1. The molecule has 5 heteroatoms. The molecule has 0 N–H and O–H groups in total. The molecular formula is C16H26AlClN2O. The molecule has 1 aromatic rings. The summed E-state index contributed by atoms with van der Waals surface area (Å²) in [5.74, 6) is 0.280. The molecule has 0 unspecified atom stereocenters. The molecule has 1 fully saturated rings. The lowest BCUT2D eigenvalue weighted by molar-refractivity contribution is -0.131. The number of carbonyl (C=O) groups is 1. The first-order valence-corrected chi connectivity index (χ1v) is 9.95. The number of hydrogen-bond acceptors (Lipinski definition) is 2. The van der Waals surface area contributed by atoms with Crippen molar-refractivity contribution in [2.75, 3.05) is 26.2 Å². The summed E-state index contributed by atoms with van der Waals surface area (Å²) in [4.78, 5) is 14.3. The maximum atomic E-state index is 12.3. The minimum Gasteiger partial charge on any atom is -0.382 e. The normalized spacial score (nSPS) is 15.4. The molecule has 1 aliphatic heterocycles. The number of carbonyl (C=O) groups excluding carboxylic acids is 1. The molecule has 0 atom stereocenters. The Labute approximate surface area is 139 Å². The number of benzene rings is 1. The van der Waals surface area contributed by atoms with Crippen molar-refractivity contribution < 1.29 is 4.79 Å². The summed E-state index contributed by atoms with van der Waals surface area (Å²) in [5.41, 5.74) is 1.12. The molecule has 0 aromatic heterocycles. The highest BCUT2D eigenvalue weighted by atomic mass is 35.5. The van der Waals surface area contributed by atoms with E-state index in [4.69, 9.17) is 0 Å². The molecule has 1 aromatic carbocycles. The predicted octanol–water partition coefficient (Wildman–Crippen LogP) is 2.83. The highest BCUT2D eigenvalue weighted by molar-refractivity contribution is 6.55. The number of amides is 1. The van der Waals surface area contributed by atoms with E-state index >= 15 is 0 Å². The van der Waals surface area contributed by atoms with Gasteiger partial charge in [-0.05, 0) is 18.7 Å². The van der Waals surface area contributed by atoms with Crippen LogP contribution in [0.4, 0.5) is 0 Å². The molecule has 0 saturated carbocycles. The summed E-state index contributed by atoms with van der Waals surface area (Å²) in [6.45, 7) is 8.61. The minimum absolute atomic E-state index is 0. The second-order valence-electron chi connectivity index (χ2n) is 5.55. The first kappa shape index (κ1) is 18.5. The van der Waals surface area contributed by atoms with Crippen molar-refractivity contribution in [1.29, 1.82) is 0 Å². The van der Waals surface area contributed by atoms with Gasteiger partial charge in [-0.1, -0.05) is 54.7 Å². The fourth-order valence-corrected chi connectivity index (χ4v) is 5.60. The molecule has 0 aliphatic carbocycles. The van der Waals surface area contributed by atoms with Crippen molar-refractivity contribution in [3.05, 3.63) is 35.9 Å². The molecule has 0 spiro atoms. The second kappa shape index (κ2) is 9.48. The average Bonchev–Trinajstić information content (AvgIpc) is 2.50. The van der Waals surface area contributed by atoms with Crippen LogP contribution >= 0.6 is 12.4 Å². The lowest BCUT2D eigenvalue weighted by atomic mass is 10.1. The fourth-order valence-electron chi connectivity index (χ4n) is 3.02. The Morgan fingerprint density at radius 1 is 1.05 bits per heavy atom. The van der Waals surface area contributed by atoms with E-state index in [2.05, 4.69) is 17.7 Å². The van der Waals surface area contributed by atoms with Crippen LogP contribution in [0.5, 0.6) is 0 Å². The third kappa shape index (κ3) is 5.31. The molecule has 1 aliphatic rings. The molecule has 0 bridgehead atoms. The summed E-state index contributed by atoms with van der Waals surface area (Å²) < 4.78 is 2.67. The second-order valence-corrected chi connectivity index (χ2v) is 9.22. The van der Waals surface area contributed by atoms with E-state index in [0.717, 1.165) is 31.7 Å². The van der Waals surface area contributed by atoms with Crippen LogP contribution < -0.4 is 0 Å². The van der Waals surface area contributed by atoms with Gasteiger partial charge in [-0.2, -0.15) is 0 Å². The average molecular weight is 325 g/mol. The van der Waals surface area contributed by atoms with Crippen molar-refractivity contribution in [3.63, 3.8) is 0 Å². The standard InChI is InChI=1S/C12H15N2O.2C2H5.Al.ClH/c15-12(14-8-6-13-7-9-14)10-11-4-2-1-3-5-11;2*1-2;;/h1-5H,6-10H2;2*1H2,2H3;;1H/q-1;;;+1;. The summed E-state index contributed by atoms with van der Waals surface area (Å²) in [6, 6.07) is 10.1. The monoisotopic (exact) mass is 324 g/mol. The van der Waals surface area contributed by atoms with Crippen molar-refractivity contribution in [3.8, 4) is 0 Å². The van der Waals surface area contributed by atoms with E-state index < -0.39 is 14.4 Å². The van der Waals surface area contributed by atoms with Gasteiger partial charge < -0.3 is 8.78 Å². The van der Waals surface area contributed by atoms with Gasteiger partial charge in [0.05, 0.1) is 6.42 Å². The molecule has 3 nitrogen and oxygen atoms in total. The zero-order valence-corrected chi connectivity index (χ0v) is 15.1. The maximum Gasteiger partial charge on any atom is 0.372 e. The molecule has 2 rings (SSSR count). The largest absolute Gasteiger partial charge is 0.382 e. The van der Waals surface area contributed by atoms with Crippen molar-refractivity contribution in [2.45, 2.75) is 30.8 Å². The van der Waals surface area contributed by atoms with E-state index in [1.54, 1.807) is 0 Å². The van der Waals surface area contributed by atoms with Crippen LogP contribution in [-0.4, -0.2) is 55.2 Å². The smallest absolute Gasteiger partial charge is 0.372 e. The van der Waals surface area contributed by atoms with E-state index in [1.165, 1.54) is 10.6 Å². The fraction of sp³-hybridized carbons (Fsp3) is 0.562. The van der Waals surface area contributed by atoms with E-state index in [9.17, 15) is 4.79 Å². The molecule has 1 heterocycles. The zero-order chi connectivity index (χ0) is 14.4. The quantitative estimate of drug-likeness (QED) is 0.778. The third-order valence-electron chi connectivity index (χ3n) is 4.32. The Bertz CT molecular complexity index is 418. The minimum atomic E-state index is -0.705. The molecule has 116 valence electrons. The van der Waals surface area contributed by atoms with Crippen LogP contribution in [0.1, 0.15) is 19.4 Å². The summed E-state index contributed by atoms with van der Waals surface area (Å²) >= 11 is -0.705. The number of nitrogens with zero attached hydrogens (tertiary/aromatic N) is 2. The first-order chi connectivity index (χ1) is 9.74. The van der Waals surface area contributed by atoms with Crippen LogP contribution in [0.2, 0.25) is 10.6 Å². The number of piperazine rings is 1. The summed E-state index contributed by atoms with van der Waals surface area (Å²) in [5, 5.41) is 2.68. The Morgan fingerprint density at radius 3 is 2.14 bits per heavy atom. The van der Waals surface area contributed by atoms with Gasteiger partial charge in [-0.3, -0.25) is 4.79 Å². The van der Waals surface area contributed by atoms with Crippen LogP contribution in [-0.2, 0) is 11.2 Å². The highest BCUT2D eigenvalue weighted by Crippen LogP contribution is 2.11. The Hall–Kier alpha value is -0.528.